The standard InChI is InChI=1S/C12H15NO4S/c1-7(12(15)16)8-4-13(5-8)11(14)10-3-9(17-2)6-18-10/h3,6-8H,4-5H2,1-2H3,(H,15,16). The Labute approximate surface area is 109 Å². The van der Waals surface area contributed by atoms with Crippen molar-refractivity contribution in [3.63, 3.8) is 0 Å². The third-order valence-electron chi connectivity index (χ3n) is 3.32. The van der Waals surface area contributed by atoms with E-state index in [1.807, 2.05) is 0 Å². The molecule has 5 nitrogen and oxygen atoms in total. The third-order valence-corrected chi connectivity index (χ3v) is 4.21. The minimum absolute atomic E-state index is 0.0443. The molecule has 1 atom stereocenters. The molecule has 2 rings (SSSR count). The minimum atomic E-state index is -0.801. The highest BCUT2D eigenvalue weighted by atomic mass is 32.1. The van der Waals surface area contributed by atoms with E-state index in [0.29, 0.717) is 23.7 Å². The zero-order valence-corrected chi connectivity index (χ0v) is 11.1. The van der Waals surface area contributed by atoms with E-state index in [1.54, 1.807) is 30.4 Å². The number of methoxy groups -OCH3 is 1. The maximum Gasteiger partial charge on any atom is 0.306 e. The maximum atomic E-state index is 12.0. The van der Waals surface area contributed by atoms with Gasteiger partial charge >= 0.3 is 5.97 Å². The van der Waals surface area contributed by atoms with Gasteiger partial charge in [-0.1, -0.05) is 6.92 Å². The second kappa shape index (κ2) is 4.97. The van der Waals surface area contributed by atoms with Gasteiger partial charge in [-0.05, 0) is 0 Å². The normalized spacial score (nSPS) is 17.1. The predicted octanol–water partition coefficient (Wildman–Crippen LogP) is 1.55. The number of hydrogen-bond acceptors (Lipinski definition) is 4. The van der Waals surface area contributed by atoms with Gasteiger partial charge in [0, 0.05) is 30.5 Å². The van der Waals surface area contributed by atoms with Crippen molar-refractivity contribution in [1.29, 1.82) is 0 Å². The molecule has 1 aromatic heterocycles. The van der Waals surface area contributed by atoms with E-state index in [9.17, 15) is 9.59 Å². The maximum absolute atomic E-state index is 12.0. The summed E-state index contributed by atoms with van der Waals surface area (Å²) in [5.41, 5.74) is 0. The molecule has 0 radical (unpaired) electrons. The van der Waals surface area contributed by atoms with Crippen LogP contribution in [0.5, 0.6) is 5.75 Å². The number of likely N-dealkylation sites (tertiary alicyclic amines) is 1. The van der Waals surface area contributed by atoms with Gasteiger partial charge in [0.1, 0.15) is 5.75 Å². The summed E-state index contributed by atoms with van der Waals surface area (Å²) in [6.07, 6.45) is 0. The van der Waals surface area contributed by atoms with Crippen molar-refractivity contribution in [3.8, 4) is 5.75 Å². The van der Waals surface area contributed by atoms with Gasteiger partial charge in [0.15, 0.2) is 0 Å². The molecule has 0 aromatic carbocycles. The first-order chi connectivity index (χ1) is 8.52. The summed E-state index contributed by atoms with van der Waals surface area (Å²) in [6, 6.07) is 1.71. The molecule has 6 heteroatoms. The Kier molecular flexibility index (Phi) is 3.56. The lowest BCUT2D eigenvalue weighted by Gasteiger charge is -2.40. The molecule has 0 spiro atoms. The number of carbonyl (C=O) groups excluding carboxylic acids is 1. The second-order valence-corrected chi connectivity index (χ2v) is 5.36. The van der Waals surface area contributed by atoms with Crippen molar-refractivity contribution in [2.24, 2.45) is 11.8 Å². The van der Waals surface area contributed by atoms with Gasteiger partial charge in [-0.25, -0.2) is 0 Å². The molecule has 1 saturated heterocycles. The van der Waals surface area contributed by atoms with Crippen molar-refractivity contribution < 1.29 is 19.4 Å². The molecular weight excluding hydrogens is 254 g/mol. The SMILES string of the molecule is COc1csc(C(=O)N2CC(C(C)C(=O)O)C2)c1. The molecule has 2 heterocycles. The van der Waals surface area contributed by atoms with Crippen LogP contribution in [-0.2, 0) is 4.79 Å². The molecule has 0 saturated carbocycles. The molecule has 1 aliphatic rings. The van der Waals surface area contributed by atoms with Gasteiger partial charge in [-0.2, -0.15) is 0 Å². The zero-order valence-electron chi connectivity index (χ0n) is 10.3. The molecule has 18 heavy (non-hydrogen) atoms. The Morgan fingerprint density at radius 3 is 2.72 bits per heavy atom. The number of thiophene rings is 1. The highest BCUT2D eigenvalue weighted by Crippen LogP contribution is 2.28. The average Bonchev–Trinajstić information content (AvgIpc) is 2.74. The van der Waals surface area contributed by atoms with Crippen molar-refractivity contribution in [2.45, 2.75) is 6.92 Å². The van der Waals surface area contributed by atoms with Gasteiger partial charge in [-0.3, -0.25) is 9.59 Å². The van der Waals surface area contributed by atoms with E-state index in [4.69, 9.17) is 9.84 Å². The smallest absolute Gasteiger partial charge is 0.306 e. The molecule has 98 valence electrons. The fraction of sp³-hybridized carbons (Fsp3) is 0.500. The fourth-order valence-electron chi connectivity index (χ4n) is 1.89. The van der Waals surface area contributed by atoms with Gasteiger partial charge < -0.3 is 14.7 Å². The lowest BCUT2D eigenvalue weighted by atomic mass is 9.87. The monoisotopic (exact) mass is 269 g/mol. The van der Waals surface area contributed by atoms with Crippen molar-refractivity contribution >= 4 is 23.2 Å². The van der Waals surface area contributed by atoms with E-state index in [2.05, 4.69) is 0 Å². The number of carboxylic acid groups (broad SMARTS) is 1. The lowest BCUT2D eigenvalue weighted by molar-refractivity contribution is -0.144. The second-order valence-electron chi connectivity index (χ2n) is 4.45. The number of amides is 1. The number of aliphatic carboxylic acids is 1. The minimum Gasteiger partial charge on any atom is -0.496 e. The van der Waals surface area contributed by atoms with Gasteiger partial charge in [-0.15, -0.1) is 11.3 Å². The van der Waals surface area contributed by atoms with E-state index >= 15 is 0 Å². The summed E-state index contributed by atoms with van der Waals surface area (Å²) in [7, 11) is 1.56. The molecular formula is C12H15NO4S. The molecule has 1 aromatic rings. The topological polar surface area (TPSA) is 66.8 Å². The number of carbonyl (C=O) groups is 2. The first kappa shape index (κ1) is 12.9. The Balaban J connectivity index is 1.92. The molecule has 1 N–H and O–H groups in total. The Hall–Kier alpha value is -1.56. The van der Waals surface area contributed by atoms with Crippen LogP contribution >= 0.6 is 11.3 Å². The van der Waals surface area contributed by atoms with Crippen LogP contribution in [0.1, 0.15) is 16.6 Å². The lowest BCUT2D eigenvalue weighted by Crippen LogP contribution is -2.53. The summed E-state index contributed by atoms with van der Waals surface area (Å²) < 4.78 is 5.03. The Morgan fingerprint density at radius 1 is 1.56 bits per heavy atom. The van der Waals surface area contributed by atoms with E-state index in [-0.39, 0.29) is 11.8 Å². The third kappa shape index (κ3) is 2.33. The van der Waals surface area contributed by atoms with Crippen LogP contribution in [0.25, 0.3) is 0 Å². The van der Waals surface area contributed by atoms with Gasteiger partial charge in [0.2, 0.25) is 0 Å². The van der Waals surface area contributed by atoms with Crippen LogP contribution in [0.15, 0.2) is 11.4 Å². The fourth-order valence-corrected chi connectivity index (χ4v) is 2.71. The molecule has 1 unspecified atom stereocenters. The largest absolute Gasteiger partial charge is 0.496 e. The van der Waals surface area contributed by atoms with E-state index in [0.717, 1.165) is 0 Å². The van der Waals surface area contributed by atoms with Crippen molar-refractivity contribution in [1.82, 2.24) is 4.90 Å². The van der Waals surface area contributed by atoms with Crippen LogP contribution < -0.4 is 4.74 Å². The quantitative estimate of drug-likeness (QED) is 0.900. The summed E-state index contributed by atoms with van der Waals surface area (Å²) in [4.78, 5) is 25.1. The van der Waals surface area contributed by atoms with Crippen LogP contribution in [0.4, 0.5) is 0 Å². The Bertz CT molecular complexity index is 464. The summed E-state index contributed by atoms with van der Waals surface area (Å²) in [6.45, 7) is 2.72. The molecule has 1 amide bonds. The first-order valence-electron chi connectivity index (χ1n) is 5.67. The molecule has 1 aliphatic heterocycles. The number of nitrogens with zero attached hydrogens (tertiary/aromatic N) is 1. The van der Waals surface area contributed by atoms with E-state index < -0.39 is 11.9 Å². The van der Waals surface area contributed by atoms with Crippen molar-refractivity contribution in [3.05, 3.63) is 16.3 Å². The summed E-state index contributed by atoms with van der Waals surface area (Å²) in [5, 5.41) is 10.7. The van der Waals surface area contributed by atoms with Gasteiger partial charge in [0.05, 0.1) is 17.9 Å². The summed E-state index contributed by atoms with van der Waals surface area (Å²) in [5.74, 6) is -0.499. The van der Waals surface area contributed by atoms with E-state index in [1.165, 1.54) is 11.3 Å². The van der Waals surface area contributed by atoms with Crippen LogP contribution in [0, 0.1) is 11.8 Å². The summed E-state index contributed by atoms with van der Waals surface area (Å²) >= 11 is 1.34. The van der Waals surface area contributed by atoms with Crippen LogP contribution in [0.3, 0.4) is 0 Å². The average molecular weight is 269 g/mol. The van der Waals surface area contributed by atoms with Crippen LogP contribution in [-0.4, -0.2) is 42.1 Å². The Morgan fingerprint density at radius 2 is 2.22 bits per heavy atom. The number of rotatable bonds is 4. The molecule has 0 aliphatic carbocycles. The highest BCUT2D eigenvalue weighted by Gasteiger charge is 2.37. The predicted molar refractivity (Wildman–Crippen MR) is 67.1 cm³/mol. The first-order valence-corrected chi connectivity index (χ1v) is 6.55. The molecule has 1 fully saturated rings. The van der Waals surface area contributed by atoms with Crippen molar-refractivity contribution in [2.75, 3.05) is 20.2 Å². The number of carboxylic acids is 1. The number of ether oxygens (including phenoxy) is 1. The number of hydrogen-bond donors (Lipinski definition) is 1. The zero-order chi connectivity index (χ0) is 13.3. The highest BCUT2D eigenvalue weighted by molar-refractivity contribution is 7.12. The van der Waals surface area contributed by atoms with Gasteiger partial charge in [0.25, 0.3) is 5.91 Å². The van der Waals surface area contributed by atoms with Crippen LogP contribution in [0.2, 0.25) is 0 Å². The molecule has 0 bridgehead atoms.